The molecule has 1 aliphatic rings. The van der Waals surface area contributed by atoms with Gasteiger partial charge in [0.1, 0.15) is 5.82 Å². The monoisotopic (exact) mass is 469 g/mol. The zero-order valence-electron chi connectivity index (χ0n) is 20.5. The molecule has 1 saturated heterocycles. The highest BCUT2D eigenvalue weighted by atomic mass is 16.5. The average molecular weight is 470 g/mol. The molecule has 1 amide bonds. The van der Waals surface area contributed by atoms with Crippen molar-refractivity contribution >= 4 is 22.6 Å². The van der Waals surface area contributed by atoms with Crippen LogP contribution in [0.1, 0.15) is 35.7 Å². The quantitative estimate of drug-likeness (QED) is 0.313. The van der Waals surface area contributed by atoms with Gasteiger partial charge in [0.15, 0.2) is 11.5 Å². The van der Waals surface area contributed by atoms with Crippen LogP contribution in [0.15, 0.2) is 66.7 Å². The Morgan fingerprint density at radius 3 is 2.60 bits per heavy atom. The van der Waals surface area contributed by atoms with E-state index in [-0.39, 0.29) is 11.8 Å². The number of amides is 1. The van der Waals surface area contributed by atoms with Crippen molar-refractivity contribution in [3.63, 3.8) is 0 Å². The molecule has 1 aromatic heterocycles. The van der Waals surface area contributed by atoms with E-state index in [0.29, 0.717) is 19.6 Å². The van der Waals surface area contributed by atoms with Crippen LogP contribution in [0.2, 0.25) is 0 Å². The fraction of sp³-hybridized carbons (Fsp3) is 0.310. The Kier molecular flexibility index (Phi) is 6.45. The molecule has 3 aromatic carbocycles. The smallest absolute Gasteiger partial charge is 0.227 e. The first-order valence-corrected chi connectivity index (χ1v) is 12.1. The Morgan fingerprint density at radius 2 is 1.77 bits per heavy atom. The van der Waals surface area contributed by atoms with Crippen molar-refractivity contribution in [2.75, 3.05) is 25.2 Å². The normalized spacial score (nSPS) is 15.7. The first-order valence-electron chi connectivity index (χ1n) is 12.1. The third-order valence-corrected chi connectivity index (χ3v) is 6.68. The highest BCUT2D eigenvalue weighted by molar-refractivity contribution is 5.97. The molecule has 6 heteroatoms. The summed E-state index contributed by atoms with van der Waals surface area (Å²) in [6.07, 6.45) is 1.28. The molecule has 4 aromatic rings. The largest absolute Gasteiger partial charge is 0.493 e. The number of aromatic nitrogens is 2. The number of nitrogens with zero attached hydrogens (tertiary/aromatic N) is 3. The molecule has 35 heavy (non-hydrogen) atoms. The number of carbonyl (C=O) groups is 1. The molecule has 1 fully saturated rings. The molecule has 0 radical (unpaired) electrons. The lowest BCUT2D eigenvalue weighted by Gasteiger charge is -2.20. The standard InChI is InChI=1S/C29H31N3O3/c1-20-13-14-21(2)25(17-20)32-19-22(18-28(32)33)29-30-23-9-4-5-10-24(23)31(29)15-8-16-35-27-12-7-6-11-26(27)34-3/h4-7,9-14,17,22H,8,15-16,18-19H2,1-3H3/t22-/m1/s1. The second-order valence-corrected chi connectivity index (χ2v) is 9.16. The first kappa shape index (κ1) is 23.0. The van der Waals surface area contributed by atoms with Crippen LogP contribution in [0.5, 0.6) is 11.5 Å². The molecule has 0 saturated carbocycles. The van der Waals surface area contributed by atoms with Crippen molar-refractivity contribution in [2.45, 2.75) is 39.2 Å². The predicted octanol–water partition coefficient (Wildman–Crippen LogP) is 5.65. The lowest BCUT2D eigenvalue weighted by molar-refractivity contribution is -0.117. The summed E-state index contributed by atoms with van der Waals surface area (Å²) in [5.41, 5.74) is 5.34. The molecule has 1 atom stereocenters. The van der Waals surface area contributed by atoms with Crippen molar-refractivity contribution in [1.29, 1.82) is 0 Å². The molecule has 0 unspecified atom stereocenters. The average Bonchev–Trinajstić information content (AvgIpc) is 3.44. The molecule has 2 heterocycles. The van der Waals surface area contributed by atoms with Crippen LogP contribution in [-0.2, 0) is 11.3 Å². The zero-order valence-corrected chi connectivity index (χ0v) is 20.5. The molecule has 1 aliphatic heterocycles. The molecular formula is C29H31N3O3. The molecule has 0 spiro atoms. The summed E-state index contributed by atoms with van der Waals surface area (Å²) in [7, 11) is 1.65. The number of ether oxygens (including phenoxy) is 2. The lowest BCUT2D eigenvalue weighted by Crippen LogP contribution is -2.25. The van der Waals surface area contributed by atoms with E-state index in [1.165, 1.54) is 0 Å². The first-order chi connectivity index (χ1) is 17.0. The Labute approximate surface area is 206 Å². The minimum Gasteiger partial charge on any atom is -0.493 e. The van der Waals surface area contributed by atoms with Gasteiger partial charge in [-0.25, -0.2) is 4.98 Å². The maximum atomic E-state index is 13.1. The fourth-order valence-corrected chi connectivity index (χ4v) is 4.91. The number of hydrogen-bond donors (Lipinski definition) is 0. The third-order valence-electron chi connectivity index (χ3n) is 6.68. The van der Waals surface area contributed by atoms with Gasteiger partial charge in [-0.2, -0.15) is 0 Å². The van der Waals surface area contributed by atoms with Crippen LogP contribution in [0.3, 0.4) is 0 Å². The van der Waals surface area contributed by atoms with Crippen molar-refractivity contribution in [1.82, 2.24) is 9.55 Å². The van der Waals surface area contributed by atoms with E-state index in [0.717, 1.165) is 58.1 Å². The molecule has 6 nitrogen and oxygen atoms in total. The number of fused-ring (bicyclic) bond motifs is 1. The van der Waals surface area contributed by atoms with Gasteiger partial charge in [-0.15, -0.1) is 0 Å². The minimum atomic E-state index is 0.0462. The fourth-order valence-electron chi connectivity index (χ4n) is 4.91. The van der Waals surface area contributed by atoms with Gasteiger partial charge in [0.2, 0.25) is 5.91 Å². The van der Waals surface area contributed by atoms with Crippen LogP contribution in [0.25, 0.3) is 11.0 Å². The van der Waals surface area contributed by atoms with Crippen molar-refractivity contribution in [2.24, 2.45) is 0 Å². The lowest BCUT2D eigenvalue weighted by atomic mass is 10.1. The van der Waals surface area contributed by atoms with Gasteiger partial charge in [-0.3, -0.25) is 4.79 Å². The van der Waals surface area contributed by atoms with E-state index in [4.69, 9.17) is 14.5 Å². The summed E-state index contributed by atoms with van der Waals surface area (Å²) in [4.78, 5) is 20.0. The van der Waals surface area contributed by atoms with E-state index in [1.54, 1.807) is 7.11 Å². The highest BCUT2D eigenvalue weighted by Crippen LogP contribution is 2.35. The second kappa shape index (κ2) is 9.82. The summed E-state index contributed by atoms with van der Waals surface area (Å²) in [5, 5.41) is 0. The number of benzene rings is 3. The summed E-state index contributed by atoms with van der Waals surface area (Å²) in [6.45, 7) is 6.09. The van der Waals surface area contributed by atoms with E-state index in [1.807, 2.05) is 47.4 Å². The van der Waals surface area contributed by atoms with Crippen LogP contribution in [-0.4, -0.2) is 35.7 Å². The number of aryl methyl sites for hydroxylation is 3. The number of anilines is 1. The van der Waals surface area contributed by atoms with Crippen molar-refractivity contribution in [3.05, 3.63) is 83.7 Å². The Bertz CT molecular complexity index is 1360. The van der Waals surface area contributed by atoms with Gasteiger partial charge < -0.3 is 18.9 Å². The van der Waals surface area contributed by atoms with Crippen molar-refractivity contribution < 1.29 is 14.3 Å². The van der Waals surface area contributed by atoms with Gasteiger partial charge in [0.05, 0.1) is 24.8 Å². The van der Waals surface area contributed by atoms with Crippen molar-refractivity contribution in [3.8, 4) is 11.5 Å². The number of imidazole rings is 1. The Hall–Kier alpha value is -3.80. The van der Waals surface area contributed by atoms with E-state index >= 15 is 0 Å². The maximum Gasteiger partial charge on any atom is 0.227 e. The number of para-hydroxylation sites is 4. The number of rotatable bonds is 8. The Balaban J connectivity index is 1.36. The summed E-state index contributed by atoms with van der Waals surface area (Å²) in [6, 6.07) is 22.2. The van der Waals surface area contributed by atoms with Gasteiger partial charge in [0.25, 0.3) is 0 Å². The molecular weight excluding hydrogens is 438 g/mol. The van der Waals surface area contributed by atoms with E-state index < -0.39 is 0 Å². The molecule has 180 valence electrons. The molecule has 0 bridgehead atoms. The van der Waals surface area contributed by atoms with E-state index in [2.05, 4.69) is 42.7 Å². The van der Waals surface area contributed by atoms with E-state index in [9.17, 15) is 4.79 Å². The van der Waals surface area contributed by atoms with Crippen LogP contribution < -0.4 is 14.4 Å². The summed E-state index contributed by atoms with van der Waals surface area (Å²) in [5.74, 6) is 2.66. The topological polar surface area (TPSA) is 56.6 Å². The minimum absolute atomic E-state index is 0.0462. The Morgan fingerprint density at radius 1 is 1.00 bits per heavy atom. The van der Waals surface area contributed by atoms with Gasteiger partial charge in [0, 0.05) is 31.1 Å². The third kappa shape index (κ3) is 4.61. The molecule has 0 N–H and O–H groups in total. The number of methoxy groups -OCH3 is 1. The second-order valence-electron chi connectivity index (χ2n) is 9.16. The van der Waals surface area contributed by atoms with Crippen LogP contribution in [0.4, 0.5) is 5.69 Å². The predicted molar refractivity (Wildman–Crippen MR) is 138 cm³/mol. The number of carbonyl (C=O) groups excluding carboxylic acids is 1. The van der Waals surface area contributed by atoms with Gasteiger partial charge in [-0.05, 0) is 61.7 Å². The molecule has 0 aliphatic carbocycles. The zero-order chi connectivity index (χ0) is 24.4. The summed E-state index contributed by atoms with van der Waals surface area (Å²) >= 11 is 0. The van der Waals surface area contributed by atoms with Gasteiger partial charge >= 0.3 is 0 Å². The summed E-state index contributed by atoms with van der Waals surface area (Å²) < 4.78 is 13.7. The number of hydrogen-bond acceptors (Lipinski definition) is 4. The molecule has 5 rings (SSSR count). The van der Waals surface area contributed by atoms with Crippen LogP contribution in [0, 0.1) is 13.8 Å². The maximum absolute atomic E-state index is 13.1. The van der Waals surface area contributed by atoms with Crippen LogP contribution >= 0.6 is 0 Å². The highest BCUT2D eigenvalue weighted by Gasteiger charge is 2.35. The van der Waals surface area contributed by atoms with Gasteiger partial charge in [-0.1, -0.05) is 36.4 Å². The SMILES string of the molecule is COc1ccccc1OCCCn1c([C@@H]2CC(=O)N(c3cc(C)ccc3C)C2)nc2ccccc21.